The van der Waals surface area contributed by atoms with E-state index in [1.165, 1.54) is 65.2 Å². The third-order valence-corrected chi connectivity index (χ3v) is 5.38. The average molecular weight is 479 g/mol. The summed E-state index contributed by atoms with van der Waals surface area (Å²) in [7, 11) is 1.50. The van der Waals surface area contributed by atoms with Gasteiger partial charge in [-0.25, -0.2) is 13.5 Å². The maximum atomic E-state index is 13.7. The first kappa shape index (κ1) is 24.0. The monoisotopic (exact) mass is 479 g/mol. The number of fused-ring (bicyclic) bond motifs is 1. The Morgan fingerprint density at radius 3 is 2.34 bits per heavy atom. The van der Waals surface area contributed by atoms with E-state index in [-0.39, 0.29) is 25.4 Å². The average Bonchev–Trinajstić information content (AvgIpc) is 3.27. The number of hydrogen-bond acceptors (Lipinski definition) is 5. The third-order valence-electron chi connectivity index (χ3n) is 5.38. The second kappa shape index (κ2) is 10.8. The van der Waals surface area contributed by atoms with Crippen molar-refractivity contribution in [3.05, 3.63) is 90.0 Å². The Morgan fingerprint density at radius 2 is 1.66 bits per heavy atom. The normalized spacial score (nSPS) is 11.9. The summed E-state index contributed by atoms with van der Waals surface area (Å²) >= 11 is 0. The van der Waals surface area contributed by atoms with E-state index in [0.717, 1.165) is 0 Å². The minimum atomic E-state index is -1.17. The van der Waals surface area contributed by atoms with Crippen molar-refractivity contribution in [1.82, 2.24) is 20.3 Å². The van der Waals surface area contributed by atoms with Gasteiger partial charge in [-0.1, -0.05) is 29.5 Å². The first-order valence-electron chi connectivity index (χ1n) is 10.9. The first-order valence-corrected chi connectivity index (χ1v) is 10.9. The molecule has 0 aliphatic carbocycles. The number of para-hydroxylation sites is 1. The van der Waals surface area contributed by atoms with Gasteiger partial charge in [0.1, 0.15) is 29.7 Å². The zero-order valence-electron chi connectivity index (χ0n) is 18.9. The number of carbonyl (C=O) groups is 2. The van der Waals surface area contributed by atoms with Crippen molar-refractivity contribution in [2.75, 3.05) is 25.2 Å². The largest absolute Gasteiger partial charge is 0.383 e. The van der Waals surface area contributed by atoms with Gasteiger partial charge >= 0.3 is 0 Å². The van der Waals surface area contributed by atoms with Crippen LogP contribution in [0.4, 0.5) is 14.5 Å². The molecule has 0 fully saturated rings. The van der Waals surface area contributed by atoms with Gasteiger partial charge in [0.2, 0.25) is 11.8 Å². The number of nitrogens with one attached hydrogen (secondary N) is 1. The summed E-state index contributed by atoms with van der Waals surface area (Å²) in [6.07, 6.45) is 0. The molecule has 10 heteroatoms. The van der Waals surface area contributed by atoms with E-state index in [9.17, 15) is 18.4 Å². The zero-order chi connectivity index (χ0) is 24.8. The van der Waals surface area contributed by atoms with Gasteiger partial charge in [-0.2, -0.15) is 0 Å². The Bertz CT molecular complexity index is 1310. The van der Waals surface area contributed by atoms with E-state index < -0.39 is 29.5 Å². The lowest BCUT2D eigenvalue weighted by atomic mass is 10.0. The molecule has 3 aromatic carbocycles. The fourth-order valence-electron chi connectivity index (χ4n) is 3.71. The maximum absolute atomic E-state index is 13.7. The Balaban J connectivity index is 1.76. The molecule has 180 valence electrons. The van der Waals surface area contributed by atoms with Crippen molar-refractivity contribution >= 4 is 28.5 Å². The summed E-state index contributed by atoms with van der Waals surface area (Å²) in [6.45, 7) is 0.227. The maximum Gasteiger partial charge on any atom is 0.249 e. The molecular weight excluding hydrogens is 456 g/mol. The predicted molar refractivity (Wildman–Crippen MR) is 125 cm³/mol. The number of methoxy groups -OCH3 is 1. The number of rotatable bonds is 9. The van der Waals surface area contributed by atoms with Gasteiger partial charge in [0.25, 0.3) is 0 Å². The summed E-state index contributed by atoms with van der Waals surface area (Å²) in [5.41, 5.74) is 1.92. The number of halogens is 2. The summed E-state index contributed by atoms with van der Waals surface area (Å²) in [6, 6.07) is 16.5. The van der Waals surface area contributed by atoms with Crippen LogP contribution in [0.3, 0.4) is 0 Å². The van der Waals surface area contributed by atoms with Crippen molar-refractivity contribution in [3.8, 4) is 0 Å². The third kappa shape index (κ3) is 5.49. The number of anilines is 1. The molecule has 0 radical (unpaired) electrons. The minimum Gasteiger partial charge on any atom is -0.383 e. The number of ether oxygens (including phenoxy) is 1. The summed E-state index contributed by atoms with van der Waals surface area (Å²) in [4.78, 5) is 28.3. The number of amides is 2. The van der Waals surface area contributed by atoms with Crippen LogP contribution in [0.2, 0.25) is 0 Å². The molecule has 1 aromatic heterocycles. The molecule has 2 amide bonds. The molecule has 0 bridgehead atoms. The van der Waals surface area contributed by atoms with Crippen LogP contribution in [0.1, 0.15) is 11.6 Å². The van der Waals surface area contributed by atoms with Crippen molar-refractivity contribution < 1.29 is 23.1 Å². The molecule has 0 aliphatic heterocycles. The highest BCUT2D eigenvalue weighted by atomic mass is 19.1. The number of carbonyl (C=O) groups excluding carboxylic acids is 2. The predicted octanol–water partition coefficient (Wildman–Crippen LogP) is 3.25. The zero-order valence-corrected chi connectivity index (χ0v) is 18.9. The van der Waals surface area contributed by atoms with E-state index in [1.807, 2.05) is 6.07 Å². The van der Waals surface area contributed by atoms with Gasteiger partial charge in [0.05, 0.1) is 12.1 Å². The fraction of sp³-hybridized carbons (Fsp3) is 0.200. The van der Waals surface area contributed by atoms with Crippen LogP contribution in [-0.2, 0) is 20.9 Å². The van der Waals surface area contributed by atoms with Crippen LogP contribution in [0.15, 0.2) is 72.8 Å². The number of nitrogens with zero attached hydrogens (tertiary/aromatic N) is 4. The Hall–Kier alpha value is -4.18. The standard InChI is InChI=1S/C25H23F2N5O3/c1-35-15-14-28-25(34)24(17-6-8-18(26)9-7-17)32(20-12-10-19(27)11-13-20)23(33)16-31-22-5-3-2-4-21(22)29-30-31/h2-13,24H,14-16H2,1H3,(H,28,34)/t24-/m1/s1. The van der Waals surface area contributed by atoms with Gasteiger partial charge in [0.15, 0.2) is 0 Å². The van der Waals surface area contributed by atoms with Gasteiger partial charge in [0, 0.05) is 19.3 Å². The molecule has 0 saturated carbocycles. The second-order valence-electron chi connectivity index (χ2n) is 7.71. The fourth-order valence-corrected chi connectivity index (χ4v) is 3.71. The highest BCUT2D eigenvalue weighted by Crippen LogP contribution is 2.29. The van der Waals surface area contributed by atoms with Crippen LogP contribution < -0.4 is 10.2 Å². The van der Waals surface area contributed by atoms with E-state index >= 15 is 0 Å². The van der Waals surface area contributed by atoms with E-state index in [0.29, 0.717) is 16.6 Å². The van der Waals surface area contributed by atoms with Crippen LogP contribution in [0.25, 0.3) is 11.0 Å². The molecule has 1 heterocycles. The number of aromatic nitrogens is 3. The molecule has 1 atom stereocenters. The van der Waals surface area contributed by atoms with Crippen LogP contribution in [0, 0.1) is 11.6 Å². The Morgan fingerprint density at radius 1 is 1.00 bits per heavy atom. The summed E-state index contributed by atoms with van der Waals surface area (Å²) in [5, 5.41) is 10.9. The molecule has 4 aromatic rings. The quantitative estimate of drug-likeness (QED) is 0.373. The topological polar surface area (TPSA) is 89.4 Å². The van der Waals surface area contributed by atoms with Crippen molar-refractivity contribution in [3.63, 3.8) is 0 Å². The van der Waals surface area contributed by atoms with E-state index in [1.54, 1.807) is 18.2 Å². The smallest absolute Gasteiger partial charge is 0.249 e. The number of hydrogen-bond donors (Lipinski definition) is 1. The van der Waals surface area contributed by atoms with Crippen LogP contribution >= 0.6 is 0 Å². The molecule has 0 spiro atoms. The van der Waals surface area contributed by atoms with Gasteiger partial charge < -0.3 is 10.1 Å². The van der Waals surface area contributed by atoms with Crippen molar-refractivity contribution in [2.45, 2.75) is 12.6 Å². The molecule has 8 nitrogen and oxygen atoms in total. The van der Waals surface area contributed by atoms with E-state index in [2.05, 4.69) is 15.6 Å². The molecule has 4 rings (SSSR count). The van der Waals surface area contributed by atoms with Gasteiger partial charge in [-0.15, -0.1) is 5.10 Å². The van der Waals surface area contributed by atoms with Gasteiger partial charge in [-0.05, 0) is 54.1 Å². The SMILES string of the molecule is COCCNC(=O)[C@@H](c1ccc(F)cc1)N(C(=O)Cn1nnc2ccccc21)c1ccc(F)cc1. The highest BCUT2D eigenvalue weighted by Gasteiger charge is 2.33. The molecular formula is C25H23F2N5O3. The molecule has 0 aliphatic rings. The molecule has 0 unspecified atom stereocenters. The van der Waals surface area contributed by atoms with Crippen molar-refractivity contribution in [2.24, 2.45) is 0 Å². The lowest BCUT2D eigenvalue weighted by Crippen LogP contribution is -2.46. The summed E-state index contributed by atoms with van der Waals surface area (Å²) in [5.74, 6) is -1.98. The highest BCUT2D eigenvalue weighted by molar-refractivity contribution is 6.01. The first-order chi connectivity index (χ1) is 17.0. The Kier molecular flexibility index (Phi) is 7.41. The second-order valence-corrected chi connectivity index (χ2v) is 7.71. The van der Waals surface area contributed by atoms with Crippen LogP contribution in [0.5, 0.6) is 0 Å². The molecule has 1 N–H and O–H groups in total. The van der Waals surface area contributed by atoms with E-state index in [4.69, 9.17) is 4.74 Å². The number of benzene rings is 3. The van der Waals surface area contributed by atoms with Crippen LogP contribution in [-0.4, -0.2) is 47.1 Å². The minimum absolute atomic E-state index is 0.201. The lowest BCUT2D eigenvalue weighted by molar-refractivity contribution is -0.127. The lowest BCUT2D eigenvalue weighted by Gasteiger charge is -2.31. The van der Waals surface area contributed by atoms with Gasteiger partial charge in [-0.3, -0.25) is 14.5 Å². The molecule has 0 saturated heterocycles. The van der Waals surface area contributed by atoms with Crippen molar-refractivity contribution in [1.29, 1.82) is 0 Å². The molecule has 35 heavy (non-hydrogen) atoms. The Labute approximate surface area is 200 Å². The summed E-state index contributed by atoms with van der Waals surface area (Å²) < 4.78 is 33.8.